The van der Waals surface area contributed by atoms with Crippen molar-refractivity contribution in [2.75, 3.05) is 0 Å². The molecule has 0 saturated carbocycles. The quantitative estimate of drug-likeness (QED) is 0.192. The molecule has 0 bridgehead atoms. The Morgan fingerprint density at radius 1 is 0.889 bits per heavy atom. The van der Waals surface area contributed by atoms with Gasteiger partial charge in [-0.05, 0) is 40.2 Å². The maximum absolute atomic E-state index is 11.8. The van der Waals surface area contributed by atoms with Gasteiger partial charge in [-0.2, -0.15) is 8.42 Å². The van der Waals surface area contributed by atoms with E-state index in [-0.39, 0.29) is 21.7 Å². The zero-order chi connectivity index (χ0) is 19.6. The summed E-state index contributed by atoms with van der Waals surface area (Å²) in [6, 6.07) is 13.0. The van der Waals surface area contributed by atoms with Crippen LogP contribution in [0.25, 0.3) is 10.8 Å². The lowest BCUT2D eigenvalue weighted by Crippen LogP contribution is -1.99. The van der Waals surface area contributed by atoms with E-state index in [2.05, 4.69) is 52.4 Å². The van der Waals surface area contributed by atoms with Crippen molar-refractivity contribution in [1.29, 1.82) is 0 Å². The average molecular weight is 513 g/mol. The Labute approximate surface area is 171 Å². The molecule has 138 valence electrons. The third-order valence-corrected chi connectivity index (χ3v) is 5.59. The molecular weight excluding hydrogens is 502 g/mol. The third-order valence-electron chi connectivity index (χ3n) is 3.57. The smallest absolute Gasteiger partial charge is 0.295 e. The summed E-state index contributed by atoms with van der Waals surface area (Å²) in [4.78, 5) is -0.308. The molecule has 0 amide bonds. The van der Waals surface area contributed by atoms with E-state index in [9.17, 15) is 13.0 Å². The van der Waals surface area contributed by atoms with E-state index < -0.39 is 10.1 Å². The summed E-state index contributed by atoms with van der Waals surface area (Å²) >= 11 is 6.72. The molecule has 0 saturated heterocycles. The number of fused-ring (bicyclic) bond motifs is 1. The van der Waals surface area contributed by atoms with E-state index in [1.807, 2.05) is 0 Å². The lowest BCUT2D eigenvalue weighted by atomic mass is 10.1. The van der Waals surface area contributed by atoms with E-state index in [0.717, 1.165) is 4.47 Å². The summed E-state index contributed by atoms with van der Waals surface area (Å²) in [7, 11) is -4.50. The number of rotatable bonds is 4. The molecule has 3 aromatic rings. The Hall–Kier alpha value is -2.21. The predicted octanol–water partition coefficient (Wildman–Crippen LogP) is 5.98. The van der Waals surface area contributed by atoms with Gasteiger partial charge in [0.15, 0.2) is 0 Å². The molecule has 0 radical (unpaired) electrons. The van der Waals surface area contributed by atoms with Gasteiger partial charge in [-0.3, -0.25) is 4.55 Å². The second-order valence-electron chi connectivity index (χ2n) is 5.27. The summed E-state index contributed by atoms with van der Waals surface area (Å²) in [5.41, 5.74) is 0.832. The van der Waals surface area contributed by atoms with Crippen molar-refractivity contribution in [3.05, 3.63) is 57.5 Å². The van der Waals surface area contributed by atoms with Gasteiger partial charge in [0.05, 0.1) is 5.69 Å². The molecule has 0 aromatic heterocycles. The molecule has 3 aromatic carbocycles. The van der Waals surface area contributed by atoms with E-state index >= 15 is 0 Å². The SMILES string of the molecule is NN=Nc1c(/N=N/c2ccc(Br)cc2Br)cc(S(=O)(=O)O)c2ccccc12. The van der Waals surface area contributed by atoms with Gasteiger partial charge in [-0.1, -0.05) is 45.4 Å². The van der Waals surface area contributed by atoms with Crippen LogP contribution in [0.4, 0.5) is 17.1 Å². The fraction of sp³-hybridized carbons (Fsp3) is 0. The van der Waals surface area contributed by atoms with Crippen molar-refractivity contribution in [1.82, 2.24) is 0 Å². The number of halogens is 2. The lowest BCUT2D eigenvalue weighted by molar-refractivity contribution is 0.484. The van der Waals surface area contributed by atoms with Crippen LogP contribution >= 0.6 is 31.9 Å². The van der Waals surface area contributed by atoms with Crippen molar-refractivity contribution in [3.63, 3.8) is 0 Å². The first-order chi connectivity index (χ1) is 12.8. The van der Waals surface area contributed by atoms with Gasteiger partial charge in [0.1, 0.15) is 16.3 Å². The summed E-state index contributed by atoms with van der Waals surface area (Å²) < 4.78 is 34.8. The molecule has 0 aliphatic heterocycles. The molecule has 27 heavy (non-hydrogen) atoms. The molecule has 0 aliphatic carbocycles. The minimum absolute atomic E-state index is 0.0883. The van der Waals surface area contributed by atoms with Crippen LogP contribution in [0.3, 0.4) is 0 Å². The Bertz CT molecular complexity index is 1200. The predicted molar refractivity (Wildman–Crippen MR) is 108 cm³/mol. The monoisotopic (exact) mass is 511 g/mol. The number of nitrogens with zero attached hydrogens (tertiary/aromatic N) is 4. The zero-order valence-electron chi connectivity index (χ0n) is 13.4. The van der Waals surface area contributed by atoms with Crippen LogP contribution < -0.4 is 5.84 Å². The number of hydrogen-bond acceptors (Lipinski definition) is 6. The highest BCUT2D eigenvalue weighted by atomic mass is 79.9. The summed E-state index contributed by atoms with van der Waals surface area (Å²) in [6.45, 7) is 0. The summed E-state index contributed by atoms with van der Waals surface area (Å²) in [6.07, 6.45) is 0. The van der Waals surface area contributed by atoms with Gasteiger partial charge in [-0.25, -0.2) is 0 Å². The Morgan fingerprint density at radius 3 is 2.19 bits per heavy atom. The first-order valence-electron chi connectivity index (χ1n) is 7.32. The van der Waals surface area contributed by atoms with Crippen molar-refractivity contribution in [3.8, 4) is 0 Å². The van der Waals surface area contributed by atoms with Crippen LogP contribution in [-0.4, -0.2) is 13.0 Å². The minimum Gasteiger partial charge on any atom is -0.305 e. The van der Waals surface area contributed by atoms with Crippen LogP contribution in [0.15, 0.2) is 82.9 Å². The Balaban J connectivity index is 2.28. The largest absolute Gasteiger partial charge is 0.305 e. The van der Waals surface area contributed by atoms with Crippen LogP contribution in [0.5, 0.6) is 0 Å². The fourth-order valence-corrected chi connectivity index (χ4v) is 4.28. The summed E-state index contributed by atoms with van der Waals surface area (Å²) in [5, 5.41) is 16.1. The number of azo groups is 1. The van der Waals surface area contributed by atoms with Crippen LogP contribution in [-0.2, 0) is 10.1 Å². The highest BCUT2D eigenvalue weighted by molar-refractivity contribution is 9.11. The maximum atomic E-state index is 11.8. The molecule has 11 heteroatoms. The molecule has 0 aliphatic rings. The van der Waals surface area contributed by atoms with Crippen molar-refractivity contribution >= 4 is 69.8 Å². The Morgan fingerprint density at radius 2 is 1.56 bits per heavy atom. The van der Waals surface area contributed by atoms with E-state index in [0.29, 0.717) is 15.5 Å². The van der Waals surface area contributed by atoms with E-state index in [1.165, 1.54) is 6.07 Å². The second kappa shape index (κ2) is 7.80. The summed E-state index contributed by atoms with van der Waals surface area (Å²) in [5.74, 6) is 5.20. The van der Waals surface area contributed by atoms with Crippen LogP contribution in [0.1, 0.15) is 0 Å². The number of benzene rings is 3. The highest BCUT2D eigenvalue weighted by Crippen LogP contribution is 2.41. The topological polar surface area (TPSA) is 130 Å². The molecule has 0 atom stereocenters. The molecule has 8 nitrogen and oxygen atoms in total. The number of hydrogen-bond donors (Lipinski definition) is 2. The second-order valence-corrected chi connectivity index (χ2v) is 8.43. The molecule has 0 unspecified atom stereocenters. The Kier molecular flexibility index (Phi) is 5.65. The lowest BCUT2D eigenvalue weighted by Gasteiger charge is -2.08. The molecule has 3 rings (SSSR count). The van der Waals surface area contributed by atoms with E-state index in [1.54, 1.807) is 42.5 Å². The maximum Gasteiger partial charge on any atom is 0.295 e. The third kappa shape index (κ3) is 4.21. The fourth-order valence-electron chi connectivity index (χ4n) is 2.44. The number of nitrogens with two attached hydrogens (primary N) is 1. The normalized spacial score (nSPS) is 12.4. The van der Waals surface area contributed by atoms with Gasteiger partial charge in [-0.15, -0.1) is 15.3 Å². The van der Waals surface area contributed by atoms with Gasteiger partial charge >= 0.3 is 0 Å². The van der Waals surface area contributed by atoms with E-state index in [4.69, 9.17) is 5.84 Å². The average Bonchev–Trinajstić information content (AvgIpc) is 2.61. The zero-order valence-corrected chi connectivity index (χ0v) is 17.4. The van der Waals surface area contributed by atoms with Gasteiger partial charge < -0.3 is 5.84 Å². The van der Waals surface area contributed by atoms with Crippen molar-refractivity contribution in [2.24, 2.45) is 26.4 Å². The van der Waals surface area contributed by atoms with Gasteiger partial charge in [0, 0.05) is 19.7 Å². The standard InChI is InChI=1S/C16H11Br2N5O3S/c17-9-5-6-13(12(18)7-9)20-21-14-8-15(27(24,25)26)10-3-1-2-4-11(10)16(14)22-23-19/h1-8H,(H2,19,22)(H,24,25,26)/b21-20+. The molecular formula is C16H11Br2N5O3S. The molecule has 0 spiro atoms. The molecule has 0 fully saturated rings. The molecule has 0 heterocycles. The first-order valence-corrected chi connectivity index (χ1v) is 10.3. The first kappa shape index (κ1) is 19.5. The van der Waals surface area contributed by atoms with Crippen molar-refractivity contribution in [2.45, 2.75) is 4.90 Å². The minimum atomic E-state index is -4.50. The van der Waals surface area contributed by atoms with Crippen LogP contribution in [0.2, 0.25) is 0 Å². The highest BCUT2D eigenvalue weighted by Gasteiger charge is 2.19. The molecule has 3 N–H and O–H groups in total. The van der Waals surface area contributed by atoms with Gasteiger partial charge in [0.2, 0.25) is 0 Å². The van der Waals surface area contributed by atoms with Gasteiger partial charge in [0.25, 0.3) is 10.1 Å². The van der Waals surface area contributed by atoms with Crippen LogP contribution in [0, 0.1) is 0 Å². The van der Waals surface area contributed by atoms with Crippen molar-refractivity contribution < 1.29 is 13.0 Å².